The maximum atomic E-state index is 9.07. The Morgan fingerprint density at radius 2 is 2.18 bits per heavy atom. The fourth-order valence-electron chi connectivity index (χ4n) is 0.880. The van der Waals surface area contributed by atoms with Crippen LogP contribution < -0.4 is 5.73 Å². The smallest absolute Gasteiger partial charge is 0.116 e. The first-order valence-corrected chi connectivity index (χ1v) is 3.73. The largest absolute Gasteiger partial charge is 0.508 e. The van der Waals surface area contributed by atoms with E-state index in [4.69, 9.17) is 22.4 Å². The minimum Gasteiger partial charge on any atom is -0.508 e. The van der Waals surface area contributed by atoms with Crippen molar-refractivity contribution in [2.75, 3.05) is 0 Å². The number of halogens is 1. The molecule has 1 rings (SSSR count). The van der Waals surface area contributed by atoms with Crippen molar-refractivity contribution < 1.29 is 5.11 Å². The molecule has 0 aliphatic heterocycles. The van der Waals surface area contributed by atoms with Crippen LogP contribution in [0.3, 0.4) is 0 Å². The number of nitrogens with two attached hydrogens (primary N) is 1. The molecule has 3 heteroatoms. The van der Waals surface area contributed by atoms with Crippen molar-refractivity contribution in [1.29, 1.82) is 0 Å². The molecule has 11 heavy (non-hydrogen) atoms. The number of rotatable bonds is 1. The Labute approximate surface area is 70.6 Å². The Balaban J connectivity index is 3.13. The Morgan fingerprint density at radius 3 is 2.64 bits per heavy atom. The van der Waals surface area contributed by atoms with Gasteiger partial charge in [0.1, 0.15) is 5.75 Å². The van der Waals surface area contributed by atoms with Crippen molar-refractivity contribution in [2.24, 2.45) is 5.73 Å². The van der Waals surface area contributed by atoms with Crippen LogP contribution in [0, 0.1) is 0 Å². The van der Waals surface area contributed by atoms with Crippen LogP contribution in [0.25, 0.3) is 0 Å². The second-order valence-corrected chi connectivity index (χ2v) is 2.90. The lowest BCUT2D eigenvalue weighted by atomic mass is 10.1. The molecule has 0 bridgehead atoms. The summed E-state index contributed by atoms with van der Waals surface area (Å²) in [7, 11) is 0. The van der Waals surface area contributed by atoms with Crippen LogP contribution in [-0.2, 0) is 0 Å². The Hall–Kier alpha value is -0.730. The third-order valence-corrected chi connectivity index (χ3v) is 1.81. The molecule has 0 saturated carbocycles. The van der Waals surface area contributed by atoms with E-state index in [1.165, 1.54) is 6.07 Å². The van der Waals surface area contributed by atoms with Crippen molar-refractivity contribution in [3.8, 4) is 5.75 Å². The van der Waals surface area contributed by atoms with E-state index >= 15 is 0 Å². The third kappa shape index (κ3) is 1.85. The summed E-state index contributed by atoms with van der Waals surface area (Å²) in [6.07, 6.45) is 0. The quantitative estimate of drug-likeness (QED) is 0.680. The highest BCUT2D eigenvalue weighted by Gasteiger charge is 2.04. The van der Waals surface area contributed by atoms with E-state index in [1.807, 2.05) is 6.92 Å². The molecule has 0 amide bonds. The summed E-state index contributed by atoms with van der Waals surface area (Å²) in [6, 6.07) is 4.60. The molecule has 1 aromatic carbocycles. The molecule has 0 unspecified atom stereocenters. The first kappa shape index (κ1) is 8.37. The van der Waals surface area contributed by atoms with Gasteiger partial charge in [0.05, 0.1) is 0 Å². The average Bonchev–Trinajstić information content (AvgIpc) is 1.94. The number of aromatic hydroxyl groups is 1. The summed E-state index contributed by atoms with van der Waals surface area (Å²) in [6.45, 7) is 1.82. The van der Waals surface area contributed by atoms with Crippen LogP contribution in [0.2, 0.25) is 5.02 Å². The fourth-order valence-corrected chi connectivity index (χ4v) is 1.17. The van der Waals surface area contributed by atoms with Crippen molar-refractivity contribution in [1.82, 2.24) is 0 Å². The lowest BCUT2D eigenvalue weighted by Gasteiger charge is -2.07. The van der Waals surface area contributed by atoms with E-state index < -0.39 is 0 Å². The molecule has 0 spiro atoms. The predicted molar refractivity (Wildman–Crippen MR) is 45.7 cm³/mol. The molecule has 0 fully saturated rings. The Morgan fingerprint density at radius 1 is 1.55 bits per heavy atom. The van der Waals surface area contributed by atoms with Gasteiger partial charge in [-0.25, -0.2) is 0 Å². The SMILES string of the molecule is C[C@@H](N)c1cc(O)ccc1Cl. The van der Waals surface area contributed by atoms with E-state index in [-0.39, 0.29) is 11.8 Å². The second-order valence-electron chi connectivity index (χ2n) is 2.49. The van der Waals surface area contributed by atoms with E-state index in [9.17, 15) is 0 Å². The second kappa shape index (κ2) is 3.11. The number of phenols is 1. The Bertz CT molecular complexity index is 260. The summed E-state index contributed by atoms with van der Waals surface area (Å²) >= 11 is 5.80. The number of hydrogen-bond acceptors (Lipinski definition) is 2. The molecule has 0 aromatic heterocycles. The topological polar surface area (TPSA) is 46.2 Å². The van der Waals surface area contributed by atoms with E-state index in [0.29, 0.717) is 5.02 Å². The van der Waals surface area contributed by atoms with Crippen LogP contribution in [0.15, 0.2) is 18.2 Å². The minimum absolute atomic E-state index is 0.144. The minimum atomic E-state index is -0.144. The number of hydrogen-bond donors (Lipinski definition) is 2. The van der Waals surface area contributed by atoms with Crippen molar-refractivity contribution in [3.05, 3.63) is 28.8 Å². The van der Waals surface area contributed by atoms with Gasteiger partial charge in [-0.3, -0.25) is 0 Å². The molecule has 0 aliphatic rings. The standard InChI is InChI=1S/C8H10ClNO/c1-5(10)7-4-6(11)2-3-8(7)9/h2-5,11H,10H2,1H3/t5-/m1/s1. The molecule has 1 aromatic rings. The third-order valence-electron chi connectivity index (χ3n) is 1.47. The van der Waals surface area contributed by atoms with Gasteiger partial charge in [-0.2, -0.15) is 0 Å². The average molecular weight is 172 g/mol. The fraction of sp³-hybridized carbons (Fsp3) is 0.250. The van der Waals surface area contributed by atoms with Crippen LogP contribution in [0.4, 0.5) is 0 Å². The summed E-state index contributed by atoms with van der Waals surface area (Å²) in [5, 5.41) is 9.67. The molecule has 3 N–H and O–H groups in total. The maximum Gasteiger partial charge on any atom is 0.116 e. The highest BCUT2D eigenvalue weighted by atomic mass is 35.5. The van der Waals surface area contributed by atoms with Gasteiger partial charge in [0.25, 0.3) is 0 Å². The highest BCUT2D eigenvalue weighted by molar-refractivity contribution is 6.31. The van der Waals surface area contributed by atoms with Gasteiger partial charge in [0.2, 0.25) is 0 Å². The number of benzene rings is 1. The van der Waals surface area contributed by atoms with E-state index in [2.05, 4.69) is 0 Å². The highest BCUT2D eigenvalue weighted by Crippen LogP contribution is 2.24. The zero-order valence-electron chi connectivity index (χ0n) is 6.21. The zero-order valence-corrected chi connectivity index (χ0v) is 6.97. The summed E-state index contributed by atoms with van der Waals surface area (Å²) in [5.74, 6) is 0.196. The van der Waals surface area contributed by atoms with E-state index in [1.54, 1.807) is 12.1 Å². The first-order chi connectivity index (χ1) is 5.11. The van der Waals surface area contributed by atoms with Crippen molar-refractivity contribution in [2.45, 2.75) is 13.0 Å². The van der Waals surface area contributed by atoms with Crippen molar-refractivity contribution in [3.63, 3.8) is 0 Å². The lowest BCUT2D eigenvalue weighted by Crippen LogP contribution is -2.05. The van der Waals surface area contributed by atoms with Gasteiger partial charge in [-0.15, -0.1) is 0 Å². The van der Waals surface area contributed by atoms with Crippen LogP contribution in [0.1, 0.15) is 18.5 Å². The Kier molecular flexibility index (Phi) is 2.37. The van der Waals surface area contributed by atoms with Crippen LogP contribution in [-0.4, -0.2) is 5.11 Å². The molecule has 60 valence electrons. The molecular weight excluding hydrogens is 162 g/mol. The van der Waals surface area contributed by atoms with Gasteiger partial charge < -0.3 is 10.8 Å². The molecule has 0 aliphatic carbocycles. The summed E-state index contributed by atoms with van der Waals surface area (Å²) in [4.78, 5) is 0. The summed E-state index contributed by atoms with van der Waals surface area (Å²) < 4.78 is 0. The summed E-state index contributed by atoms with van der Waals surface area (Å²) in [5.41, 5.74) is 6.36. The molecule has 0 saturated heterocycles. The molecule has 2 nitrogen and oxygen atoms in total. The molecular formula is C8H10ClNO. The molecule has 0 radical (unpaired) electrons. The predicted octanol–water partition coefficient (Wildman–Crippen LogP) is 2.07. The van der Waals surface area contributed by atoms with E-state index in [0.717, 1.165) is 5.56 Å². The molecule has 0 heterocycles. The lowest BCUT2D eigenvalue weighted by molar-refractivity contribution is 0.474. The van der Waals surface area contributed by atoms with Gasteiger partial charge in [0, 0.05) is 11.1 Å². The number of phenolic OH excluding ortho intramolecular Hbond substituents is 1. The van der Waals surface area contributed by atoms with Crippen molar-refractivity contribution >= 4 is 11.6 Å². The van der Waals surface area contributed by atoms with Crippen LogP contribution >= 0.6 is 11.6 Å². The van der Waals surface area contributed by atoms with Crippen LogP contribution in [0.5, 0.6) is 5.75 Å². The normalized spacial score (nSPS) is 13.0. The van der Waals surface area contributed by atoms with Gasteiger partial charge in [0.15, 0.2) is 0 Å². The zero-order chi connectivity index (χ0) is 8.43. The van der Waals surface area contributed by atoms with Gasteiger partial charge in [-0.1, -0.05) is 11.6 Å². The molecule has 1 atom stereocenters. The monoisotopic (exact) mass is 171 g/mol. The van der Waals surface area contributed by atoms with Gasteiger partial charge in [-0.05, 0) is 30.7 Å². The maximum absolute atomic E-state index is 9.07. The first-order valence-electron chi connectivity index (χ1n) is 3.35. The van der Waals surface area contributed by atoms with Gasteiger partial charge >= 0.3 is 0 Å².